The topological polar surface area (TPSA) is 95.9 Å². The second kappa shape index (κ2) is 54.7. The molecule has 0 saturated heterocycles. The van der Waals surface area contributed by atoms with Gasteiger partial charge in [0.2, 0.25) is 5.91 Å². The van der Waals surface area contributed by atoms with Crippen LogP contribution in [0, 0.1) is 0 Å². The number of amides is 1. The van der Waals surface area contributed by atoms with Gasteiger partial charge in [0, 0.05) is 12.8 Å². The minimum absolute atomic E-state index is 0.0180. The van der Waals surface area contributed by atoms with Gasteiger partial charge in [-0.05, 0) is 64.2 Å². The standard InChI is InChI=1S/C59H111NO5/c1-3-5-7-9-11-13-15-17-19-21-23-25-27-31-35-39-43-47-51-57(62)56(55-61)60-58(63)52-48-44-40-36-32-29-30-34-38-42-46-50-54-65-59(64)53-49-45-41-37-33-28-26-24-22-20-18-16-14-12-10-8-6-4-2/h14,16,20,22,47,51,56-57,61-62H,3-13,15,17-19,21,23-46,48-50,52-55H2,1-2H3,(H,60,63)/b16-14-,22-20-,51-47+. The van der Waals surface area contributed by atoms with Crippen LogP contribution in [0.25, 0.3) is 0 Å². The van der Waals surface area contributed by atoms with Crippen LogP contribution in [0.1, 0.15) is 303 Å². The summed E-state index contributed by atoms with van der Waals surface area (Å²) in [6, 6.07) is -0.641. The lowest BCUT2D eigenvalue weighted by atomic mass is 10.0. The molecule has 1 amide bonds. The number of esters is 1. The number of unbranched alkanes of at least 4 members (excludes halogenated alkanes) is 38. The van der Waals surface area contributed by atoms with E-state index in [1.165, 1.54) is 212 Å². The number of rotatable bonds is 53. The van der Waals surface area contributed by atoms with Gasteiger partial charge in [-0.1, -0.05) is 262 Å². The molecule has 0 spiro atoms. The van der Waals surface area contributed by atoms with E-state index in [1.54, 1.807) is 6.08 Å². The number of hydrogen-bond acceptors (Lipinski definition) is 5. The lowest BCUT2D eigenvalue weighted by Crippen LogP contribution is -2.45. The molecule has 382 valence electrons. The molecule has 0 aliphatic heterocycles. The summed E-state index contributed by atoms with van der Waals surface area (Å²) in [7, 11) is 0. The zero-order valence-electron chi connectivity index (χ0n) is 43.5. The van der Waals surface area contributed by atoms with Gasteiger partial charge in [0.05, 0.1) is 25.4 Å². The zero-order valence-corrected chi connectivity index (χ0v) is 43.5. The van der Waals surface area contributed by atoms with Gasteiger partial charge in [0.15, 0.2) is 0 Å². The van der Waals surface area contributed by atoms with Crippen molar-refractivity contribution in [2.45, 2.75) is 315 Å². The van der Waals surface area contributed by atoms with Crippen molar-refractivity contribution in [3.8, 4) is 0 Å². The van der Waals surface area contributed by atoms with Gasteiger partial charge in [-0.25, -0.2) is 0 Å². The summed E-state index contributed by atoms with van der Waals surface area (Å²) in [5.74, 6) is -0.101. The third-order valence-corrected chi connectivity index (χ3v) is 13.2. The van der Waals surface area contributed by atoms with Crippen molar-refractivity contribution in [3.63, 3.8) is 0 Å². The van der Waals surface area contributed by atoms with E-state index < -0.39 is 12.1 Å². The van der Waals surface area contributed by atoms with Crippen molar-refractivity contribution in [2.24, 2.45) is 0 Å². The summed E-state index contributed by atoms with van der Waals surface area (Å²) in [6.07, 6.45) is 67.2. The summed E-state index contributed by atoms with van der Waals surface area (Å²) in [6.45, 7) is 4.86. The van der Waals surface area contributed by atoms with E-state index >= 15 is 0 Å². The van der Waals surface area contributed by atoms with E-state index in [0.717, 1.165) is 64.2 Å². The molecular formula is C59H111NO5. The Morgan fingerprint density at radius 3 is 1.18 bits per heavy atom. The third kappa shape index (κ3) is 51.3. The van der Waals surface area contributed by atoms with Gasteiger partial charge in [0.25, 0.3) is 0 Å². The maximum atomic E-state index is 12.5. The first-order valence-corrected chi connectivity index (χ1v) is 28.8. The van der Waals surface area contributed by atoms with E-state index in [2.05, 4.69) is 43.5 Å². The average Bonchev–Trinajstić information content (AvgIpc) is 3.31. The van der Waals surface area contributed by atoms with Crippen molar-refractivity contribution < 1.29 is 24.5 Å². The highest BCUT2D eigenvalue weighted by atomic mass is 16.5. The highest BCUT2D eigenvalue weighted by Crippen LogP contribution is 2.16. The molecule has 3 N–H and O–H groups in total. The van der Waals surface area contributed by atoms with Gasteiger partial charge in [-0.2, -0.15) is 0 Å². The molecule has 6 heteroatoms. The van der Waals surface area contributed by atoms with Crippen LogP contribution >= 0.6 is 0 Å². The quantitative estimate of drug-likeness (QED) is 0.0321. The van der Waals surface area contributed by atoms with Gasteiger partial charge >= 0.3 is 5.97 Å². The number of carbonyl (C=O) groups excluding carboxylic acids is 2. The number of aliphatic hydroxyl groups is 2. The fourth-order valence-electron chi connectivity index (χ4n) is 8.72. The SMILES string of the molecule is CCCCCC/C=C\C/C=C\CCCCCCCCCC(=O)OCCCCCCCCCCCCCCC(=O)NC(CO)C(O)/C=C/CCCCCCCCCCCCCCCCCC. The Balaban J connectivity index is 3.49. The van der Waals surface area contributed by atoms with Gasteiger partial charge in [-0.15, -0.1) is 0 Å². The van der Waals surface area contributed by atoms with E-state index in [9.17, 15) is 19.8 Å². The molecule has 0 aromatic carbocycles. The van der Waals surface area contributed by atoms with Crippen LogP contribution in [-0.2, 0) is 14.3 Å². The van der Waals surface area contributed by atoms with E-state index in [1.807, 2.05) is 6.08 Å². The van der Waals surface area contributed by atoms with Crippen molar-refractivity contribution in [2.75, 3.05) is 13.2 Å². The molecule has 65 heavy (non-hydrogen) atoms. The van der Waals surface area contributed by atoms with E-state index in [4.69, 9.17) is 4.74 Å². The Morgan fingerprint density at radius 1 is 0.431 bits per heavy atom. The third-order valence-electron chi connectivity index (χ3n) is 13.2. The molecule has 0 aromatic rings. The monoisotopic (exact) mass is 914 g/mol. The fourth-order valence-corrected chi connectivity index (χ4v) is 8.72. The number of carbonyl (C=O) groups is 2. The van der Waals surface area contributed by atoms with Crippen molar-refractivity contribution >= 4 is 11.9 Å². The number of ether oxygens (including phenoxy) is 1. The first kappa shape index (κ1) is 63.1. The molecule has 0 heterocycles. The molecule has 0 aromatic heterocycles. The van der Waals surface area contributed by atoms with Crippen LogP contribution in [0.2, 0.25) is 0 Å². The molecular weight excluding hydrogens is 803 g/mol. The second-order valence-corrected chi connectivity index (χ2v) is 19.6. The minimum Gasteiger partial charge on any atom is -0.466 e. The Hall–Kier alpha value is -1.92. The highest BCUT2D eigenvalue weighted by Gasteiger charge is 2.18. The van der Waals surface area contributed by atoms with Crippen LogP contribution in [0.4, 0.5) is 0 Å². The zero-order chi connectivity index (χ0) is 47.2. The van der Waals surface area contributed by atoms with Crippen molar-refractivity contribution in [1.29, 1.82) is 0 Å². The van der Waals surface area contributed by atoms with Crippen LogP contribution in [0.3, 0.4) is 0 Å². The van der Waals surface area contributed by atoms with Crippen LogP contribution in [0.15, 0.2) is 36.5 Å². The molecule has 0 aliphatic rings. The first-order valence-electron chi connectivity index (χ1n) is 28.8. The smallest absolute Gasteiger partial charge is 0.305 e. The molecule has 0 bridgehead atoms. The maximum absolute atomic E-state index is 12.5. The van der Waals surface area contributed by atoms with E-state index in [-0.39, 0.29) is 18.5 Å². The molecule has 0 rings (SSSR count). The molecule has 0 radical (unpaired) electrons. The molecule has 6 nitrogen and oxygen atoms in total. The maximum Gasteiger partial charge on any atom is 0.305 e. The van der Waals surface area contributed by atoms with E-state index in [0.29, 0.717) is 19.4 Å². The highest BCUT2D eigenvalue weighted by molar-refractivity contribution is 5.76. The lowest BCUT2D eigenvalue weighted by Gasteiger charge is -2.20. The van der Waals surface area contributed by atoms with Crippen LogP contribution in [0.5, 0.6) is 0 Å². The lowest BCUT2D eigenvalue weighted by molar-refractivity contribution is -0.143. The summed E-state index contributed by atoms with van der Waals surface area (Å²) < 4.78 is 5.47. The molecule has 0 aliphatic carbocycles. The Kier molecular flexibility index (Phi) is 53.1. The predicted octanol–water partition coefficient (Wildman–Crippen LogP) is 17.6. The Morgan fingerprint density at radius 2 is 0.769 bits per heavy atom. The molecule has 0 saturated carbocycles. The summed E-state index contributed by atoms with van der Waals surface area (Å²) >= 11 is 0. The predicted molar refractivity (Wildman–Crippen MR) is 283 cm³/mol. The number of aliphatic hydroxyl groups excluding tert-OH is 2. The second-order valence-electron chi connectivity index (χ2n) is 19.6. The van der Waals surface area contributed by atoms with Gasteiger partial charge in [0.1, 0.15) is 0 Å². The number of hydrogen-bond donors (Lipinski definition) is 3. The van der Waals surface area contributed by atoms with Gasteiger partial charge in [-0.3, -0.25) is 9.59 Å². The molecule has 2 unspecified atom stereocenters. The number of nitrogens with one attached hydrogen (secondary N) is 1. The Bertz CT molecular complexity index is 1060. The van der Waals surface area contributed by atoms with Crippen LogP contribution < -0.4 is 5.32 Å². The largest absolute Gasteiger partial charge is 0.466 e. The molecule has 2 atom stereocenters. The summed E-state index contributed by atoms with van der Waals surface area (Å²) in [5, 5.41) is 23.1. The summed E-state index contributed by atoms with van der Waals surface area (Å²) in [5.41, 5.74) is 0. The normalized spacial score (nSPS) is 12.9. The summed E-state index contributed by atoms with van der Waals surface area (Å²) in [4.78, 5) is 24.5. The van der Waals surface area contributed by atoms with Crippen LogP contribution in [-0.4, -0.2) is 47.4 Å². The minimum atomic E-state index is -0.856. The number of allylic oxidation sites excluding steroid dienone is 5. The Labute approximate surface area is 404 Å². The fraction of sp³-hybridized carbons (Fsp3) is 0.864. The van der Waals surface area contributed by atoms with Crippen molar-refractivity contribution in [3.05, 3.63) is 36.5 Å². The molecule has 0 fully saturated rings. The van der Waals surface area contributed by atoms with Crippen molar-refractivity contribution in [1.82, 2.24) is 5.32 Å². The van der Waals surface area contributed by atoms with Gasteiger partial charge < -0.3 is 20.3 Å². The first-order chi connectivity index (χ1) is 32.0. The average molecular weight is 915 g/mol.